The normalized spacial score (nSPS) is 10.8. The van der Waals surface area contributed by atoms with Crippen LogP contribution in [0.1, 0.15) is 23.7 Å². The Labute approximate surface area is 128 Å². The first-order valence-electron chi connectivity index (χ1n) is 7.21. The highest BCUT2D eigenvalue weighted by molar-refractivity contribution is 6.04. The largest absolute Gasteiger partial charge is 0.494 e. The topological polar surface area (TPSA) is 81.0 Å². The SMILES string of the molecule is CCCOc1ccc(-c2nc3c(C(N)=O)cccc3[nH]2)cc1. The summed E-state index contributed by atoms with van der Waals surface area (Å²) >= 11 is 0. The van der Waals surface area contributed by atoms with Crippen molar-refractivity contribution in [2.75, 3.05) is 6.61 Å². The number of para-hydroxylation sites is 1. The molecule has 0 atom stereocenters. The van der Waals surface area contributed by atoms with Crippen LogP contribution < -0.4 is 10.5 Å². The molecule has 2 aromatic carbocycles. The number of nitrogens with zero attached hydrogens (tertiary/aromatic N) is 1. The molecule has 0 unspecified atom stereocenters. The van der Waals surface area contributed by atoms with Crippen LogP contribution in [0.2, 0.25) is 0 Å². The number of hydrogen-bond acceptors (Lipinski definition) is 3. The Kier molecular flexibility index (Phi) is 3.78. The first-order valence-corrected chi connectivity index (χ1v) is 7.21. The van der Waals surface area contributed by atoms with Gasteiger partial charge in [-0.3, -0.25) is 4.79 Å². The van der Waals surface area contributed by atoms with Crippen LogP contribution in [0.15, 0.2) is 42.5 Å². The summed E-state index contributed by atoms with van der Waals surface area (Å²) in [6, 6.07) is 13.0. The molecule has 22 heavy (non-hydrogen) atoms. The van der Waals surface area contributed by atoms with Gasteiger partial charge in [-0.1, -0.05) is 13.0 Å². The van der Waals surface area contributed by atoms with Crippen LogP contribution in [0.3, 0.4) is 0 Å². The molecule has 3 N–H and O–H groups in total. The van der Waals surface area contributed by atoms with Gasteiger partial charge in [0.1, 0.15) is 17.1 Å². The van der Waals surface area contributed by atoms with Gasteiger partial charge in [0.15, 0.2) is 0 Å². The van der Waals surface area contributed by atoms with Gasteiger partial charge in [0.2, 0.25) is 0 Å². The van der Waals surface area contributed by atoms with E-state index in [1.54, 1.807) is 12.1 Å². The first-order chi connectivity index (χ1) is 10.7. The van der Waals surface area contributed by atoms with Crippen molar-refractivity contribution in [3.05, 3.63) is 48.0 Å². The molecule has 1 heterocycles. The zero-order valence-electron chi connectivity index (χ0n) is 12.3. The molecule has 5 nitrogen and oxygen atoms in total. The van der Waals surface area contributed by atoms with E-state index in [0.29, 0.717) is 23.5 Å². The van der Waals surface area contributed by atoms with Crippen molar-refractivity contribution in [3.63, 3.8) is 0 Å². The zero-order chi connectivity index (χ0) is 15.5. The molecular weight excluding hydrogens is 278 g/mol. The quantitative estimate of drug-likeness (QED) is 0.758. The Hall–Kier alpha value is -2.82. The van der Waals surface area contributed by atoms with E-state index < -0.39 is 5.91 Å². The van der Waals surface area contributed by atoms with Crippen LogP contribution in [-0.2, 0) is 0 Å². The van der Waals surface area contributed by atoms with E-state index >= 15 is 0 Å². The minimum atomic E-state index is -0.480. The lowest BCUT2D eigenvalue weighted by Gasteiger charge is -2.04. The van der Waals surface area contributed by atoms with Crippen LogP contribution in [-0.4, -0.2) is 22.5 Å². The Balaban J connectivity index is 1.96. The van der Waals surface area contributed by atoms with Crippen molar-refractivity contribution in [2.24, 2.45) is 5.73 Å². The highest BCUT2D eigenvalue weighted by Gasteiger charge is 2.12. The second-order valence-corrected chi connectivity index (χ2v) is 5.02. The lowest BCUT2D eigenvalue weighted by Crippen LogP contribution is -2.11. The van der Waals surface area contributed by atoms with Crippen LogP contribution in [0.4, 0.5) is 0 Å². The van der Waals surface area contributed by atoms with E-state index in [9.17, 15) is 4.79 Å². The number of amides is 1. The summed E-state index contributed by atoms with van der Waals surface area (Å²) < 4.78 is 5.56. The minimum absolute atomic E-state index is 0.419. The molecule has 3 rings (SSSR count). The summed E-state index contributed by atoms with van der Waals surface area (Å²) in [6.07, 6.45) is 0.973. The Morgan fingerprint density at radius 3 is 2.68 bits per heavy atom. The van der Waals surface area contributed by atoms with Crippen LogP contribution >= 0.6 is 0 Å². The van der Waals surface area contributed by atoms with Gasteiger partial charge in [0.05, 0.1) is 17.7 Å². The first kappa shape index (κ1) is 14.1. The number of fused-ring (bicyclic) bond motifs is 1. The molecule has 0 bridgehead atoms. The van der Waals surface area contributed by atoms with Gasteiger partial charge >= 0.3 is 0 Å². The molecule has 0 aliphatic rings. The minimum Gasteiger partial charge on any atom is -0.494 e. The molecule has 0 fully saturated rings. The summed E-state index contributed by atoms with van der Waals surface area (Å²) in [5.74, 6) is 1.05. The average Bonchev–Trinajstić information content (AvgIpc) is 2.97. The van der Waals surface area contributed by atoms with E-state index in [0.717, 1.165) is 23.3 Å². The maximum Gasteiger partial charge on any atom is 0.250 e. The maximum atomic E-state index is 11.5. The van der Waals surface area contributed by atoms with Gasteiger partial charge < -0.3 is 15.5 Å². The van der Waals surface area contributed by atoms with Gasteiger partial charge in [-0.05, 0) is 42.8 Å². The summed E-state index contributed by atoms with van der Waals surface area (Å²) in [4.78, 5) is 19.2. The fraction of sp³-hybridized carbons (Fsp3) is 0.176. The fourth-order valence-corrected chi connectivity index (χ4v) is 2.30. The van der Waals surface area contributed by atoms with E-state index in [4.69, 9.17) is 10.5 Å². The summed E-state index contributed by atoms with van der Waals surface area (Å²) in [7, 11) is 0. The number of aromatic nitrogens is 2. The average molecular weight is 295 g/mol. The number of aromatic amines is 1. The smallest absolute Gasteiger partial charge is 0.250 e. The lowest BCUT2D eigenvalue weighted by atomic mass is 10.2. The van der Waals surface area contributed by atoms with Gasteiger partial charge in [0.25, 0.3) is 5.91 Å². The van der Waals surface area contributed by atoms with Crippen LogP contribution in [0, 0.1) is 0 Å². The number of nitrogens with two attached hydrogens (primary N) is 1. The molecule has 0 aliphatic heterocycles. The van der Waals surface area contributed by atoms with Crippen LogP contribution in [0.5, 0.6) is 5.75 Å². The molecule has 1 aromatic heterocycles. The molecule has 3 aromatic rings. The van der Waals surface area contributed by atoms with Crippen LogP contribution in [0.25, 0.3) is 22.4 Å². The second kappa shape index (κ2) is 5.89. The number of hydrogen-bond donors (Lipinski definition) is 2. The zero-order valence-corrected chi connectivity index (χ0v) is 12.3. The Morgan fingerprint density at radius 1 is 1.23 bits per heavy atom. The van der Waals surface area contributed by atoms with Gasteiger partial charge in [-0.2, -0.15) is 0 Å². The number of H-pyrrole nitrogens is 1. The van der Waals surface area contributed by atoms with Crippen molar-refractivity contribution in [2.45, 2.75) is 13.3 Å². The molecule has 112 valence electrons. The lowest BCUT2D eigenvalue weighted by molar-refractivity contribution is 0.100. The van der Waals surface area contributed by atoms with Crippen molar-refractivity contribution in [1.29, 1.82) is 0 Å². The summed E-state index contributed by atoms with van der Waals surface area (Å²) in [5.41, 5.74) is 8.11. The highest BCUT2D eigenvalue weighted by Crippen LogP contribution is 2.24. The predicted molar refractivity (Wildman–Crippen MR) is 85.8 cm³/mol. The van der Waals surface area contributed by atoms with Crippen molar-refractivity contribution < 1.29 is 9.53 Å². The number of imidazole rings is 1. The number of rotatable bonds is 5. The summed E-state index contributed by atoms with van der Waals surface area (Å²) in [5, 5.41) is 0. The summed E-state index contributed by atoms with van der Waals surface area (Å²) in [6.45, 7) is 2.77. The van der Waals surface area contributed by atoms with E-state index in [1.807, 2.05) is 30.3 Å². The van der Waals surface area contributed by atoms with Crippen molar-refractivity contribution in [3.8, 4) is 17.1 Å². The van der Waals surface area contributed by atoms with Gasteiger partial charge in [-0.15, -0.1) is 0 Å². The number of primary amides is 1. The third kappa shape index (κ3) is 2.65. The molecule has 1 amide bonds. The molecule has 0 spiro atoms. The number of carbonyl (C=O) groups excluding carboxylic acids is 1. The number of nitrogens with one attached hydrogen (secondary N) is 1. The molecule has 5 heteroatoms. The maximum absolute atomic E-state index is 11.5. The number of carbonyl (C=O) groups is 1. The van der Waals surface area contributed by atoms with Crippen molar-refractivity contribution >= 4 is 16.9 Å². The third-order valence-corrected chi connectivity index (χ3v) is 3.38. The van der Waals surface area contributed by atoms with Crippen molar-refractivity contribution in [1.82, 2.24) is 9.97 Å². The fourth-order valence-electron chi connectivity index (χ4n) is 2.30. The molecule has 0 aliphatic carbocycles. The van der Waals surface area contributed by atoms with E-state index in [2.05, 4.69) is 16.9 Å². The number of ether oxygens (including phenoxy) is 1. The van der Waals surface area contributed by atoms with Gasteiger partial charge in [-0.25, -0.2) is 4.98 Å². The third-order valence-electron chi connectivity index (χ3n) is 3.38. The molecule has 0 radical (unpaired) electrons. The second-order valence-electron chi connectivity index (χ2n) is 5.02. The monoisotopic (exact) mass is 295 g/mol. The Morgan fingerprint density at radius 2 is 2.00 bits per heavy atom. The van der Waals surface area contributed by atoms with Gasteiger partial charge in [0, 0.05) is 5.56 Å². The van der Waals surface area contributed by atoms with E-state index in [-0.39, 0.29) is 0 Å². The number of benzene rings is 2. The standard InChI is InChI=1S/C17H17N3O2/c1-2-10-22-12-8-6-11(7-9-12)17-19-14-5-3-4-13(16(18)21)15(14)20-17/h3-9H,2,10H2,1H3,(H2,18,21)(H,19,20). The highest BCUT2D eigenvalue weighted by atomic mass is 16.5. The van der Waals surface area contributed by atoms with E-state index in [1.165, 1.54) is 0 Å². The Bertz CT molecular complexity index is 806. The predicted octanol–water partition coefficient (Wildman–Crippen LogP) is 3.12. The molecule has 0 saturated carbocycles. The molecular formula is C17H17N3O2. The molecule has 0 saturated heterocycles.